The van der Waals surface area contributed by atoms with Crippen LogP contribution in [0.4, 0.5) is 0 Å². The van der Waals surface area contributed by atoms with Crippen LogP contribution in [0.1, 0.15) is 28.3 Å². The van der Waals surface area contributed by atoms with Crippen molar-refractivity contribution in [2.24, 2.45) is 0 Å². The van der Waals surface area contributed by atoms with Gasteiger partial charge >= 0.3 is 0 Å². The van der Waals surface area contributed by atoms with E-state index < -0.39 is 6.04 Å². The number of thioether (sulfide) groups is 1. The van der Waals surface area contributed by atoms with Gasteiger partial charge in [0, 0.05) is 18.1 Å². The third kappa shape index (κ3) is 5.74. The fraction of sp³-hybridized carbons (Fsp3) is 0.304. The van der Waals surface area contributed by atoms with E-state index in [4.69, 9.17) is 11.6 Å². The fourth-order valence-corrected chi connectivity index (χ4v) is 3.99. The van der Waals surface area contributed by atoms with Gasteiger partial charge in [0.2, 0.25) is 5.91 Å². The van der Waals surface area contributed by atoms with Crippen LogP contribution in [0.5, 0.6) is 0 Å². The molecule has 0 bridgehead atoms. The van der Waals surface area contributed by atoms with Gasteiger partial charge in [0.1, 0.15) is 11.9 Å². The second kappa shape index (κ2) is 10.6. The summed E-state index contributed by atoms with van der Waals surface area (Å²) in [6.07, 6.45) is 2.48. The van der Waals surface area contributed by atoms with E-state index in [9.17, 15) is 9.59 Å². The van der Waals surface area contributed by atoms with Crippen molar-refractivity contribution < 1.29 is 9.59 Å². The average molecular weight is 457 g/mol. The molecule has 1 atom stereocenters. The first-order valence-corrected chi connectivity index (χ1v) is 11.7. The zero-order valence-electron chi connectivity index (χ0n) is 17.8. The smallest absolute Gasteiger partial charge is 0.253 e. The minimum Gasteiger partial charge on any atom is -0.340 e. The molecule has 0 aliphatic rings. The lowest BCUT2D eigenvalue weighted by Gasteiger charge is -2.24. The van der Waals surface area contributed by atoms with E-state index in [1.54, 1.807) is 48.0 Å². The van der Waals surface area contributed by atoms with Gasteiger partial charge in [0.15, 0.2) is 0 Å². The second-order valence-electron chi connectivity index (χ2n) is 7.22. The van der Waals surface area contributed by atoms with Crippen molar-refractivity contribution in [1.29, 1.82) is 0 Å². The van der Waals surface area contributed by atoms with Gasteiger partial charge in [-0.25, -0.2) is 9.97 Å². The first-order chi connectivity index (χ1) is 14.9. The Morgan fingerprint density at radius 1 is 1.13 bits per heavy atom. The molecule has 3 aromatic rings. The van der Waals surface area contributed by atoms with Crippen molar-refractivity contribution in [2.75, 3.05) is 19.1 Å². The number of hydrogen-bond donors (Lipinski definition) is 1. The molecule has 1 heterocycles. The first-order valence-electron chi connectivity index (χ1n) is 9.92. The summed E-state index contributed by atoms with van der Waals surface area (Å²) in [5, 5.41) is 4.19. The molecular formula is C23H25ClN4O2S. The number of hydrogen-bond acceptors (Lipinski definition) is 5. The molecule has 8 heteroatoms. The van der Waals surface area contributed by atoms with Crippen molar-refractivity contribution in [3.8, 4) is 0 Å². The van der Waals surface area contributed by atoms with Gasteiger partial charge in [-0.15, -0.1) is 0 Å². The van der Waals surface area contributed by atoms with Crippen LogP contribution < -0.4 is 5.32 Å². The van der Waals surface area contributed by atoms with Crippen LogP contribution in [0.2, 0.25) is 5.02 Å². The van der Waals surface area contributed by atoms with E-state index in [0.717, 1.165) is 22.3 Å². The lowest BCUT2D eigenvalue weighted by Crippen LogP contribution is -2.47. The minimum atomic E-state index is -0.664. The van der Waals surface area contributed by atoms with Crippen LogP contribution in [-0.4, -0.2) is 51.8 Å². The maximum Gasteiger partial charge on any atom is 0.253 e. The van der Waals surface area contributed by atoms with Crippen LogP contribution in [0.3, 0.4) is 0 Å². The Kier molecular flexibility index (Phi) is 7.87. The molecule has 0 aliphatic heterocycles. The average Bonchev–Trinajstić information content (AvgIpc) is 2.76. The van der Waals surface area contributed by atoms with Gasteiger partial charge in [0.05, 0.1) is 22.6 Å². The summed E-state index contributed by atoms with van der Waals surface area (Å²) >= 11 is 7.76. The number of rotatable bonds is 8. The Bertz CT molecular complexity index is 1090. The van der Waals surface area contributed by atoms with Gasteiger partial charge in [-0.05, 0) is 43.6 Å². The molecule has 31 heavy (non-hydrogen) atoms. The third-order valence-corrected chi connectivity index (χ3v) is 5.90. The Balaban J connectivity index is 1.76. The molecule has 2 amide bonds. The number of fused-ring (bicyclic) bond motifs is 1. The molecule has 0 saturated carbocycles. The topological polar surface area (TPSA) is 75.2 Å². The number of aryl methyl sites for hydroxylation is 1. The summed E-state index contributed by atoms with van der Waals surface area (Å²) < 4.78 is 0. The molecule has 0 spiro atoms. The largest absolute Gasteiger partial charge is 0.340 e. The molecule has 1 N–H and O–H groups in total. The molecule has 0 fully saturated rings. The van der Waals surface area contributed by atoms with Crippen LogP contribution in [0.25, 0.3) is 10.9 Å². The quantitative estimate of drug-likeness (QED) is 0.552. The van der Waals surface area contributed by atoms with E-state index >= 15 is 0 Å². The van der Waals surface area contributed by atoms with E-state index in [1.807, 2.05) is 37.4 Å². The number of nitrogens with one attached hydrogen (secondary N) is 1. The van der Waals surface area contributed by atoms with E-state index in [1.165, 1.54) is 0 Å². The lowest BCUT2D eigenvalue weighted by molar-refractivity contribution is -0.132. The Hall–Kier alpha value is -2.64. The Morgan fingerprint density at radius 3 is 2.58 bits per heavy atom. The molecular weight excluding hydrogens is 432 g/mol. The van der Waals surface area contributed by atoms with Crippen LogP contribution in [-0.2, 0) is 11.3 Å². The van der Waals surface area contributed by atoms with Crippen molar-refractivity contribution in [2.45, 2.75) is 25.9 Å². The SMILES string of the molecule is CSCCC(NC(=O)c1ccccc1Cl)C(=O)N(C)Cc1nc(C)c2ccccc2n1. The molecule has 0 saturated heterocycles. The summed E-state index contributed by atoms with van der Waals surface area (Å²) in [5.41, 5.74) is 2.06. The van der Waals surface area contributed by atoms with Gasteiger partial charge in [-0.3, -0.25) is 9.59 Å². The molecule has 0 radical (unpaired) electrons. The van der Waals surface area contributed by atoms with Crippen molar-refractivity contribution >= 4 is 46.1 Å². The first kappa shape index (κ1) is 23.0. The standard InChI is InChI=1S/C23H25ClN4O2S/c1-15-16-8-5-7-11-19(16)26-21(25-15)14-28(2)23(30)20(12-13-31-3)27-22(29)17-9-4-6-10-18(17)24/h4-11,20H,12-14H2,1-3H3,(H,27,29). The van der Waals surface area contributed by atoms with Crippen LogP contribution in [0, 0.1) is 6.92 Å². The number of para-hydroxylation sites is 1. The highest BCUT2D eigenvalue weighted by Gasteiger charge is 2.25. The summed E-state index contributed by atoms with van der Waals surface area (Å²) in [5.74, 6) is 0.742. The molecule has 2 aromatic carbocycles. The third-order valence-electron chi connectivity index (χ3n) is 4.93. The van der Waals surface area contributed by atoms with E-state index in [2.05, 4.69) is 15.3 Å². The summed E-state index contributed by atoms with van der Waals surface area (Å²) in [6.45, 7) is 2.18. The number of carbonyl (C=O) groups excluding carboxylic acids is 2. The van der Waals surface area contributed by atoms with Gasteiger partial charge in [-0.2, -0.15) is 11.8 Å². The highest BCUT2D eigenvalue weighted by molar-refractivity contribution is 7.98. The Labute approximate surface area is 191 Å². The number of likely N-dealkylation sites (N-methyl/N-ethyl adjacent to an activating group) is 1. The number of benzene rings is 2. The van der Waals surface area contributed by atoms with Crippen molar-refractivity contribution in [3.63, 3.8) is 0 Å². The summed E-state index contributed by atoms with van der Waals surface area (Å²) in [7, 11) is 1.70. The molecule has 1 unspecified atom stereocenters. The van der Waals surface area contributed by atoms with E-state index in [-0.39, 0.29) is 18.4 Å². The summed E-state index contributed by atoms with van der Waals surface area (Å²) in [6, 6.07) is 13.9. The number of amides is 2. The molecule has 1 aromatic heterocycles. The number of halogens is 1. The molecule has 0 aliphatic carbocycles. The zero-order chi connectivity index (χ0) is 22.4. The van der Waals surface area contributed by atoms with Crippen LogP contribution >= 0.6 is 23.4 Å². The van der Waals surface area contributed by atoms with Gasteiger partial charge in [0.25, 0.3) is 5.91 Å². The van der Waals surface area contributed by atoms with Crippen molar-refractivity contribution in [1.82, 2.24) is 20.2 Å². The molecule has 3 rings (SSSR count). The zero-order valence-corrected chi connectivity index (χ0v) is 19.3. The summed E-state index contributed by atoms with van der Waals surface area (Å²) in [4.78, 5) is 36.6. The predicted octanol–water partition coefficient (Wildman–Crippen LogP) is 4.10. The molecule has 162 valence electrons. The second-order valence-corrected chi connectivity index (χ2v) is 8.62. The normalized spacial score (nSPS) is 11.9. The predicted molar refractivity (Wildman–Crippen MR) is 126 cm³/mol. The number of aromatic nitrogens is 2. The minimum absolute atomic E-state index is 0.191. The maximum atomic E-state index is 13.2. The highest BCUT2D eigenvalue weighted by Crippen LogP contribution is 2.17. The maximum absolute atomic E-state index is 13.2. The highest BCUT2D eigenvalue weighted by atomic mass is 35.5. The van der Waals surface area contributed by atoms with Crippen molar-refractivity contribution in [3.05, 3.63) is 70.6 Å². The number of nitrogens with zero attached hydrogens (tertiary/aromatic N) is 3. The van der Waals surface area contributed by atoms with Gasteiger partial charge < -0.3 is 10.2 Å². The Morgan fingerprint density at radius 2 is 1.84 bits per heavy atom. The monoisotopic (exact) mass is 456 g/mol. The lowest BCUT2D eigenvalue weighted by atomic mass is 10.1. The van der Waals surface area contributed by atoms with Crippen LogP contribution in [0.15, 0.2) is 48.5 Å². The molecule has 6 nitrogen and oxygen atoms in total. The fourth-order valence-electron chi connectivity index (χ4n) is 3.30. The number of carbonyl (C=O) groups is 2. The van der Waals surface area contributed by atoms with Gasteiger partial charge in [-0.1, -0.05) is 41.9 Å². The van der Waals surface area contributed by atoms with E-state index in [0.29, 0.717) is 22.8 Å².